The number of benzene rings is 2. The largest absolute Gasteiger partial charge is 0.494 e. The lowest BCUT2D eigenvalue weighted by molar-refractivity contribution is 0.190. The van der Waals surface area contributed by atoms with Crippen molar-refractivity contribution >= 4 is 15.9 Å². The summed E-state index contributed by atoms with van der Waals surface area (Å²) in [5.74, 6) is 1.12. The number of para-hydroxylation sites is 1. The summed E-state index contributed by atoms with van der Waals surface area (Å²) in [5.41, 5.74) is 1.24. The summed E-state index contributed by atoms with van der Waals surface area (Å²) in [6.45, 7) is 0.819. The van der Waals surface area contributed by atoms with Gasteiger partial charge in [0.2, 0.25) is 0 Å². The lowest BCUT2D eigenvalue weighted by Gasteiger charge is -2.15. The zero-order valence-electron chi connectivity index (χ0n) is 11.3. The van der Waals surface area contributed by atoms with E-state index in [0.29, 0.717) is 6.61 Å². The van der Waals surface area contributed by atoms with E-state index < -0.39 is 0 Å². The predicted octanol–water partition coefficient (Wildman–Crippen LogP) is 4.07. The minimum Gasteiger partial charge on any atom is -0.494 e. The number of aliphatic hydroxyl groups is 1. The van der Waals surface area contributed by atoms with Gasteiger partial charge in [0.1, 0.15) is 5.75 Å². The number of halogens is 1. The highest BCUT2D eigenvalue weighted by Crippen LogP contribution is 2.16. The van der Waals surface area contributed by atoms with E-state index in [1.807, 2.05) is 42.5 Å². The van der Waals surface area contributed by atoms with Gasteiger partial charge in [0.15, 0.2) is 0 Å². The van der Waals surface area contributed by atoms with Crippen LogP contribution in [-0.4, -0.2) is 18.3 Å². The van der Waals surface area contributed by atoms with E-state index >= 15 is 0 Å². The molecular formula is C17H19BrO2. The lowest BCUT2D eigenvalue weighted by atomic mass is 9.97. The van der Waals surface area contributed by atoms with E-state index in [9.17, 15) is 5.11 Å². The second-order valence-corrected chi connectivity index (χ2v) is 5.75. The molecule has 20 heavy (non-hydrogen) atoms. The molecule has 2 rings (SSSR count). The molecule has 2 aromatic rings. The molecule has 1 N–H and O–H groups in total. The third-order valence-electron chi connectivity index (χ3n) is 3.23. The Kier molecular flexibility index (Phi) is 6.09. The van der Waals surface area contributed by atoms with Gasteiger partial charge < -0.3 is 9.84 Å². The summed E-state index contributed by atoms with van der Waals surface area (Å²) in [6.07, 6.45) is 1.73. The molecule has 0 spiro atoms. The molecular weight excluding hydrogens is 316 g/mol. The molecule has 0 saturated heterocycles. The fourth-order valence-corrected chi connectivity index (χ4v) is 2.34. The van der Waals surface area contributed by atoms with Gasteiger partial charge in [-0.1, -0.05) is 46.3 Å². The Morgan fingerprint density at radius 3 is 2.35 bits per heavy atom. The maximum absolute atomic E-state index is 9.47. The van der Waals surface area contributed by atoms with E-state index in [1.165, 1.54) is 5.56 Å². The van der Waals surface area contributed by atoms with E-state index in [4.69, 9.17) is 4.74 Å². The molecule has 2 aromatic carbocycles. The fraction of sp³-hybridized carbons (Fsp3) is 0.294. The van der Waals surface area contributed by atoms with Gasteiger partial charge in [0.05, 0.1) is 6.61 Å². The summed E-state index contributed by atoms with van der Waals surface area (Å²) in [5, 5.41) is 9.47. The van der Waals surface area contributed by atoms with Gasteiger partial charge in [0, 0.05) is 11.1 Å². The summed E-state index contributed by atoms with van der Waals surface area (Å²) in [4.78, 5) is 0. The van der Waals surface area contributed by atoms with Crippen LogP contribution >= 0.6 is 15.9 Å². The van der Waals surface area contributed by atoms with E-state index in [1.54, 1.807) is 0 Å². The van der Waals surface area contributed by atoms with Gasteiger partial charge in [-0.2, -0.15) is 0 Å². The Morgan fingerprint density at radius 2 is 1.70 bits per heavy atom. The van der Waals surface area contributed by atoms with Crippen LogP contribution in [0.3, 0.4) is 0 Å². The summed E-state index contributed by atoms with van der Waals surface area (Å²) in [6, 6.07) is 18.0. The third-order valence-corrected chi connectivity index (χ3v) is 3.76. The van der Waals surface area contributed by atoms with E-state index in [0.717, 1.165) is 23.1 Å². The maximum Gasteiger partial charge on any atom is 0.119 e. The van der Waals surface area contributed by atoms with Crippen LogP contribution in [-0.2, 0) is 6.42 Å². The standard InChI is InChI=1S/C17H19BrO2/c18-16-8-6-14(7-9-16)12-15(13-19)10-11-20-17-4-2-1-3-5-17/h1-9,15,19H,10-13H2. The molecule has 1 unspecified atom stereocenters. The zero-order valence-corrected chi connectivity index (χ0v) is 12.9. The van der Waals surface area contributed by atoms with Crippen molar-refractivity contribution in [2.24, 2.45) is 5.92 Å². The first-order chi connectivity index (χ1) is 9.78. The van der Waals surface area contributed by atoms with Crippen LogP contribution in [0.1, 0.15) is 12.0 Å². The number of aliphatic hydroxyl groups excluding tert-OH is 1. The number of ether oxygens (including phenoxy) is 1. The molecule has 0 aliphatic carbocycles. The Morgan fingerprint density at radius 1 is 1.00 bits per heavy atom. The fourth-order valence-electron chi connectivity index (χ4n) is 2.07. The highest BCUT2D eigenvalue weighted by atomic mass is 79.9. The molecule has 0 aliphatic rings. The zero-order chi connectivity index (χ0) is 14.2. The Bertz CT molecular complexity index is 496. The molecule has 0 aromatic heterocycles. The minimum absolute atomic E-state index is 0.189. The smallest absolute Gasteiger partial charge is 0.119 e. The van der Waals surface area contributed by atoms with Crippen molar-refractivity contribution in [2.45, 2.75) is 12.8 Å². The first kappa shape index (κ1) is 15.1. The van der Waals surface area contributed by atoms with Gasteiger partial charge in [0.25, 0.3) is 0 Å². The molecule has 0 bridgehead atoms. The first-order valence-corrected chi connectivity index (χ1v) is 7.60. The molecule has 2 nitrogen and oxygen atoms in total. The van der Waals surface area contributed by atoms with Crippen molar-refractivity contribution in [3.63, 3.8) is 0 Å². The molecule has 0 amide bonds. The third kappa shape index (κ3) is 4.99. The second-order valence-electron chi connectivity index (χ2n) is 4.83. The quantitative estimate of drug-likeness (QED) is 0.827. The highest BCUT2D eigenvalue weighted by Gasteiger charge is 2.09. The molecule has 106 valence electrons. The minimum atomic E-state index is 0.189. The average Bonchev–Trinajstić information content (AvgIpc) is 2.49. The molecule has 3 heteroatoms. The maximum atomic E-state index is 9.47. The summed E-state index contributed by atoms with van der Waals surface area (Å²) >= 11 is 3.43. The molecule has 0 heterocycles. The van der Waals surface area contributed by atoms with Gasteiger partial charge in [-0.15, -0.1) is 0 Å². The number of hydrogen-bond donors (Lipinski definition) is 1. The van der Waals surface area contributed by atoms with Crippen molar-refractivity contribution in [1.82, 2.24) is 0 Å². The normalized spacial score (nSPS) is 12.1. The number of rotatable bonds is 7. The van der Waals surface area contributed by atoms with Crippen LogP contribution in [0.2, 0.25) is 0 Å². The van der Waals surface area contributed by atoms with Gasteiger partial charge >= 0.3 is 0 Å². The van der Waals surface area contributed by atoms with E-state index in [2.05, 4.69) is 28.1 Å². The van der Waals surface area contributed by atoms with E-state index in [-0.39, 0.29) is 12.5 Å². The van der Waals surface area contributed by atoms with Crippen LogP contribution in [0.5, 0.6) is 5.75 Å². The SMILES string of the molecule is OCC(CCOc1ccccc1)Cc1ccc(Br)cc1. The second kappa shape index (κ2) is 8.08. The van der Waals surface area contributed by atoms with Crippen molar-refractivity contribution in [3.05, 3.63) is 64.6 Å². The highest BCUT2D eigenvalue weighted by molar-refractivity contribution is 9.10. The summed E-state index contributed by atoms with van der Waals surface area (Å²) in [7, 11) is 0. The molecule has 0 radical (unpaired) electrons. The lowest BCUT2D eigenvalue weighted by Crippen LogP contribution is -2.14. The number of hydrogen-bond acceptors (Lipinski definition) is 2. The van der Waals surface area contributed by atoms with Crippen LogP contribution < -0.4 is 4.74 Å². The van der Waals surface area contributed by atoms with Gasteiger partial charge in [-0.25, -0.2) is 0 Å². The molecule has 1 atom stereocenters. The van der Waals surface area contributed by atoms with Crippen molar-refractivity contribution in [3.8, 4) is 5.75 Å². The molecule has 0 aliphatic heterocycles. The van der Waals surface area contributed by atoms with Crippen molar-refractivity contribution in [2.75, 3.05) is 13.2 Å². The Labute approximate surface area is 128 Å². The van der Waals surface area contributed by atoms with Crippen molar-refractivity contribution < 1.29 is 9.84 Å². The van der Waals surface area contributed by atoms with Crippen LogP contribution in [0.25, 0.3) is 0 Å². The van der Waals surface area contributed by atoms with Gasteiger partial charge in [-0.3, -0.25) is 0 Å². The summed E-state index contributed by atoms with van der Waals surface area (Å²) < 4.78 is 6.75. The van der Waals surface area contributed by atoms with Crippen LogP contribution in [0.4, 0.5) is 0 Å². The van der Waals surface area contributed by atoms with Crippen molar-refractivity contribution in [1.29, 1.82) is 0 Å². The average molecular weight is 335 g/mol. The Hall–Kier alpha value is -1.32. The van der Waals surface area contributed by atoms with Gasteiger partial charge in [-0.05, 0) is 48.6 Å². The topological polar surface area (TPSA) is 29.5 Å². The Balaban J connectivity index is 1.79. The predicted molar refractivity (Wildman–Crippen MR) is 85.0 cm³/mol. The van der Waals surface area contributed by atoms with Crippen LogP contribution in [0.15, 0.2) is 59.1 Å². The first-order valence-electron chi connectivity index (χ1n) is 6.81. The molecule has 0 fully saturated rings. The van der Waals surface area contributed by atoms with Crippen LogP contribution in [0, 0.1) is 5.92 Å². The monoisotopic (exact) mass is 334 g/mol. The molecule has 0 saturated carbocycles.